The van der Waals surface area contributed by atoms with Gasteiger partial charge in [0, 0.05) is 6.54 Å². The maximum Gasteiger partial charge on any atom is 0.255 e. The van der Waals surface area contributed by atoms with Crippen LogP contribution in [0.1, 0.15) is 61.0 Å². The van der Waals surface area contributed by atoms with Gasteiger partial charge >= 0.3 is 0 Å². The molecule has 162 valence electrons. The van der Waals surface area contributed by atoms with Gasteiger partial charge in [0.15, 0.2) is 0 Å². The summed E-state index contributed by atoms with van der Waals surface area (Å²) < 4.78 is 11.2. The fourth-order valence-electron chi connectivity index (χ4n) is 3.91. The van der Waals surface area contributed by atoms with Gasteiger partial charge in [-0.25, -0.2) is 0 Å². The fraction of sp³-hybridized carbons (Fsp3) is 0.480. The molecular formula is C25H34N2O3. The number of nitrogens with zero attached hydrogens (tertiary/aromatic N) is 1. The van der Waals surface area contributed by atoms with Gasteiger partial charge in [0.2, 0.25) is 0 Å². The Morgan fingerprint density at radius 2 is 1.80 bits per heavy atom. The van der Waals surface area contributed by atoms with E-state index in [-0.39, 0.29) is 11.9 Å². The second-order valence-corrected chi connectivity index (χ2v) is 7.79. The lowest BCUT2D eigenvalue weighted by atomic mass is 10.0. The SMILES string of the molecule is CCCCOc1ccccc1C(=O)NCC(c1ccc(OC)cc1)N1CCCCC1. The standard InChI is InChI=1S/C25H34N2O3/c1-3-4-18-30-24-11-7-6-10-22(24)25(28)26-19-23(27-16-8-5-9-17-27)20-12-14-21(29-2)15-13-20/h6-7,10-15,23H,3-5,8-9,16-19H2,1-2H3,(H,26,28). The zero-order valence-electron chi connectivity index (χ0n) is 18.2. The third-order valence-corrected chi connectivity index (χ3v) is 5.68. The molecule has 5 heteroatoms. The van der Waals surface area contributed by atoms with Gasteiger partial charge in [0.05, 0.1) is 25.3 Å². The number of rotatable bonds is 10. The van der Waals surface area contributed by atoms with Gasteiger partial charge in [0.1, 0.15) is 11.5 Å². The van der Waals surface area contributed by atoms with Crippen LogP contribution in [0.2, 0.25) is 0 Å². The van der Waals surface area contributed by atoms with Crippen LogP contribution in [-0.4, -0.2) is 44.2 Å². The number of nitrogens with one attached hydrogen (secondary N) is 1. The number of hydrogen-bond acceptors (Lipinski definition) is 4. The molecule has 1 aliphatic heterocycles. The summed E-state index contributed by atoms with van der Waals surface area (Å²) in [6, 6.07) is 15.8. The van der Waals surface area contributed by atoms with Crippen LogP contribution >= 0.6 is 0 Å². The molecule has 0 radical (unpaired) electrons. The Labute approximate surface area is 180 Å². The highest BCUT2D eigenvalue weighted by molar-refractivity contribution is 5.96. The summed E-state index contributed by atoms with van der Waals surface area (Å²) in [6.07, 6.45) is 5.72. The Hall–Kier alpha value is -2.53. The molecule has 1 fully saturated rings. The maximum atomic E-state index is 13.0. The van der Waals surface area contributed by atoms with Crippen molar-refractivity contribution < 1.29 is 14.3 Å². The molecule has 2 aromatic carbocycles. The van der Waals surface area contributed by atoms with Crippen LogP contribution in [0.3, 0.4) is 0 Å². The molecule has 0 spiro atoms. The second-order valence-electron chi connectivity index (χ2n) is 7.79. The third kappa shape index (κ3) is 5.99. The van der Waals surface area contributed by atoms with Crippen molar-refractivity contribution in [1.29, 1.82) is 0 Å². The molecule has 0 aromatic heterocycles. The van der Waals surface area contributed by atoms with Crippen molar-refractivity contribution in [2.24, 2.45) is 0 Å². The topological polar surface area (TPSA) is 50.8 Å². The largest absolute Gasteiger partial charge is 0.497 e. The first-order valence-electron chi connectivity index (χ1n) is 11.1. The minimum atomic E-state index is -0.0855. The minimum absolute atomic E-state index is 0.0855. The van der Waals surface area contributed by atoms with E-state index in [4.69, 9.17) is 9.47 Å². The number of unbranched alkanes of at least 4 members (excludes halogenated alkanes) is 1. The first-order chi connectivity index (χ1) is 14.7. The Morgan fingerprint density at radius 1 is 1.07 bits per heavy atom. The first kappa shape index (κ1) is 22.2. The lowest BCUT2D eigenvalue weighted by Crippen LogP contribution is -2.40. The van der Waals surface area contributed by atoms with Crippen molar-refractivity contribution in [2.75, 3.05) is 33.4 Å². The van der Waals surface area contributed by atoms with Crippen molar-refractivity contribution in [2.45, 2.75) is 45.1 Å². The molecule has 1 aliphatic rings. The highest BCUT2D eigenvalue weighted by atomic mass is 16.5. The number of hydrogen-bond donors (Lipinski definition) is 1. The third-order valence-electron chi connectivity index (χ3n) is 5.68. The van der Waals surface area contributed by atoms with Crippen LogP contribution in [0, 0.1) is 0 Å². The number of benzene rings is 2. The molecule has 1 saturated heterocycles. The van der Waals surface area contributed by atoms with E-state index in [1.807, 2.05) is 36.4 Å². The second kappa shape index (κ2) is 11.6. The molecule has 1 amide bonds. The number of carbonyl (C=O) groups excluding carboxylic acids is 1. The van der Waals surface area contributed by atoms with E-state index < -0.39 is 0 Å². The molecule has 1 N–H and O–H groups in total. The molecule has 1 atom stereocenters. The molecule has 1 heterocycles. The van der Waals surface area contributed by atoms with Crippen LogP contribution in [0.5, 0.6) is 11.5 Å². The highest BCUT2D eigenvalue weighted by Gasteiger charge is 2.23. The van der Waals surface area contributed by atoms with E-state index in [1.165, 1.54) is 24.8 Å². The summed E-state index contributed by atoms with van der Waals surface area (Å²) in [6.45, 7) is 5.44. The van der Waals surface area contributed by atoms with Gasteiger partial charge in [-0.2, -0.15) is 0 Å². The van der Waals surface area contributed by atoms with Crippen LogP contribution in [-0.2, 0) is 0 Å². The summed E-state index contributed by atoms with van der Waals surface area (Å²) in [4.78, 5) is 15.5. The molecular weight excluding hydrogens is 376 g/mol. The van der Waals surface area contributed by atoms with Gasteiger partial charge in [0.25, 0.3) is 5.91 Å². The molecule has 0 saturated carbocycles. The van der Waals surface area contributed by atoms with Crippen LogP contribution in [0.15, 0.2) is 48.5 Å². The molecule has 2 aromatic rings. The van der Waals surface area contributed by atoms with E-state index in [2.05, 4.69) is 29.3 Å². The molecule has 5 nitrogen and oxygen atoms in total. The predicted octanol–water partition coefficient (Wildman–Crippen LogP) is 4.83. The van der Waals surface area contributed by atoms with E-state index in [9.17, 15) is 4.79 Å². The van der Waals surface area contributed by atoms with E-state index in [1.54, 1.807) is 7.11 Å². The number of likely N-dealkylation sites (tertiary alicyclic amines) is 1. The lowest BCUT2D eigenvalue weighted by Gasteiger charge is -2.35. The van der Waals surface area contributed by atoms with Crippen LogP contribution in [0.25, 0.3) is 0 Å². The van der Waals surface area contributed by atoms with E-state index >= 15 is 0 Å². The molecule has 0 bridgehead atoms. The van der Waals surface area contributed by atoms with Gasteiger partial charge in [-0.05, 0) is 62.2 Å². The minimum Gasteiger partial charge on any atom is -0.497 e. The number of piperidine rings is 1. The van der Waals surface area contributed by atoms with Gasteiger partial charge in [-0.3, -0.25) is 9.69 Å². The number of carbonyl (C=O) groups is 1. The smallest absolute Gasteiger partial charge is 0.255 e. The quantitative estimate of drug-likeness (QED) is 0.570. The molecule has 30 heavy (non-hydrogen) atoms. The van der Waals surface area contributed by atoms with E-state index in [0.717, 1.165) is 31.7 Å². The van der Waals surface area contributed by atoms with Gasteiger partial charge < -0.3 is 14.8 Å². The maximum absolute atomic E-state index is 13.0. The van der Waals surface area contributed by atoms with Crippen molar-refractivity contribution >= 4 is 5.91 Å². The van der Waals surface area contributed by atoms with Crippen LogP contribution < -0.4 is 14.8 Å². The Kier molecular flexibility index (Phi) is 8.57. The zero-order valence-corrected chi connectivity index (χ0v) is 18.2. The van der Waals surface area contributed by atoms with Gasteiger partial charge in [-0.15, -0.1) is 0 Å². The summed E-state index contributed by atoms with van der Waals surface area (Å²) in [7, 11) is 1.68. The predicted molar refractivity (Wildman–Crippen MR) is 120 cm³/mol. The molecule has 1 unspecified atom stereocenters. The zero-order chi connectivity index (χ0) is 21.2. The number of para-hydroxylation sites is 1. The Morgan fingerprint density at radius 3 is 2.50 bits per heavy atom. The van der Waals surface area contributed by atoms with Crippen LogP contribution in [0.4, 0.5) is 0 Å². The van der Waals surface area contributed by atoms with Crippen molar-refractivity contribution in [1.82, 2.24) is 10.2 Å². The lowest BCUT2D eigenvalue weighted by molar-refractivity contribution is 0.0920. The Bertz CT molecular complexity index is 785. The number of ether oxygens (including phenoxy) is 2. The Balaban J connectivity index is 1.71. The number of amides is 1. The summed E-state index contributed by atoms with van der Waals surface area (Å²) in [5, 5.41) is 3.16. The summed E-state index contributed by atoms with van der Waals surface area (Å²) >= 11 is 0. The number of methoxy groups -OCH3 is 1. The van der Waals surface area contributed by atoms with Crippen molar-refractivity contribution in [3.63, 3.8) is 0 Å². The van der Waals surface area contributed by atoms with Gasteiger partial charge in [-0.1, -0.05) is 44.0 Å². The molecule has 0 aliphatic carbocycles. The monoisotopic (exact) mass is 410 g/mol. The first-order valence-corrected chi connectivity index (χ1v) is 11.1. The summed E-state index contributed by atoms with van der Waals surface area (Å²) in [5.41, 5.74) is 1.80. The van der Waals surface area contributed by atoms with Crippen molar-refractivity contribution in [3.05, 3.63) is 59.7 Å². The van der Waals surface area contributed by atoms with Crippen molar-refractivity contribution in [3.8, 4) is 11.5 Å². The fourth-order valence-corrected chi connectivity index (χ4v) is 3.91. The molecule has 3 rings (SSSR count). The average molecular weight is 411 g/mol. The normalized spacial score (nSPS) is 15.4. The average Bonchev–Trinajstić information content (AvgIpc) is 2.80. The highest BCUT2D eigenvalue weighted by Crippen LogP contribution is 2.26. The summed E-state index contributed by atoms with van der Waals surface area (Å²) in [5.74, 6) is 1.42. The van der Waals surface area contributed by atoms with E-state index in [0.29, 0.717) is 24.5 Å².